The van der Waals surface area contributed by atoms with Gasteiger partial charge in [0.05, 0.1) is 12.3 Å². The minimum Gasteiger partial charge on any atom is -0.324 e. The van der Waals surface area contributed by atoms with Crippen LogP contribution in [0.3, 0.4) is 0 Å². The van der Waals surface area contributed by atoms with Crippen molar-refractivity contribution in [2.24, 2.45) is 0 Å². The molecular weight excluding hydrogens is 344 g/mol. The fourth-order valence-corrected chi connectivity index (χ4v) is 4.23. The highest BCUT2D eigenvalue weighted by Gasteiger charge is 2.34. The monoisotopic (exact) mass is 368 g/mol. The lowest BCUT2D eigenvalue weighted by atomic mass is 10.1. The predicted molar refractivity (Wildman–Crippen MR) is 107 cm³/mol. The summed E-state index contributed by atoms with van der Waals surface area (Å²) in [6.45, 7) is 6.08. The summed E-state index contributed by atoms with van der Waals surface area (Å²) in [5.74, 6) is 1.09. The van der Waals surface area contributed by atoms with Crippen molar-refractivity contribution in [2.45, 2.75) is 33.2 Å². The zero-order chi connectivity index (χ0) is 18.7. The van der Waals surface area contributed by atoms with E-state index in [1.165, 1.54) is 5.56 Å². The number of anilines is 1. The maximum Gasteiger partial charge on any atom is 0.248 e. The minimum absolute atomic E-state index is 0.000775. The maximum atomic E-state index is 12.7. The van der Waals surface area contributed by atoms with E-state index in [0.717, 1.165) is 22.4 Å². The van der Waals surface area contributed by atoms with Crippen LogP contribution >= 0.6 is 11.8 Å². The molecular formula is C21H24N2O2S. The van der Waals surface area contributed by atoms with Gasteiger partial charge in [-0.3, -0.25) is 9.59 Å². The number of carbonyl (C=O) groups excluding carboxylic acids is 2. The summed E-state index contributed by atoms with van der Waals surface area (Å²) in [6.07, 6.45) is 0.329. The van der Waals surface area contributed by atoms with Crippen LogP contribution in [0.5, 0.6) is 0 Å². The minimum atomic E-state index is -0.418. The van der Waals surface area contributed by atoms with Crippen LogP contribution in [0.1, 0.15) is 22.3 Å². The molecule has 1 fully saturated rings. The molecule has 2 aromatic carbocycles. The molecule has 3 rings (SSSR count). The number of nitrogens with zero attached hydrogens (tertiary/aromatic N) is 1. The first kappa shape index (κ1) is 18.5. The highest BCUT2D eigenvalue weighted by Crippen LogP contribution is 2.24. The van der Waals surface area contributed by atoms with Gasteiger partial charge in [0, 0.05) is 11.4 Å². The number of benzene rings is 2. The molecule has 26 heavy (non-hydrogen) atoms. The van der Waals surface area contributed by atoms with Crippen LogP contribution in [-0.4, -0.2) is 34.4 Å². The molecule has 0 spiro atoms. The van der Waals surface area contributed by atoms with Crippen molar-refractivity contribution in [3.63, 3.8) is 0 Å². The molecule has 1 heterocycles. The van der Waals surface area contributed by atoms with Crippen molar-refractivity contribution >= 4 is 29.3 Å². The second-order valence-electron chi connectivity index (χ2n) is 6.83. The molecule has 1 atom stereocenters. The average Bonchev–Trinajstić information content (AvgIpc) is 3.08. The van der Waals surface area contributed by atoms with Crippen LogP contribution in [-0.2, 0) is 16.0 Å². The summed E-state index contributed by atoms with van der Waals surface area (Å²) in [5, 5.41) is 2.96. The van der Waals surface area contributed by atoms with Gasteiger partial charge in [0.15, 0.2) is 0 Å². The average molecular weight is 369 g/mol. The number of rotatable bonds is 4. The smallest absolute Gasteiger partial charge is 0.248 e. The van der Waals surface area contributed by atoms with Gasteiger partial charge < -0.3 is 10.2 Å². The zero-order valence-corrected chi connectivity index (χ0v) is 16.2. The predicted octanol–water partition coefficient (Wildman–Crippen LogP) is 3.69. The Labute approximate surface area is 159 Å². The molecule has 2 amide bonds. The Hall–Kier alpha value is -2.27. The van der Waals surface area contributed by atoms with Gasteiger partial charge in [0.1, 0.15) is 6.04 Å². The van der Waals surface area contributed by atoms with Crippen LogP contribution in [0.4, 0.5) is 5.69 Å². The number of hydrogen-bond acceptors (Lipinski definition) is 3. The first-order valence-corrected chi connectivity index (χ1v) is 9.90. The van der Waals surface area contributed by atoms with Gasteiger partial charge in [0.2, 0.25) is 11.8 Å². The zero-order valence-electron chi connectivity index (χ0n) is 15.4. The summed E-state index contributed by atoms with van der Waals surface area (Å²) in [4.78, 5) is 27.1. The fraction of sp³-hybridized carbons (Fsp3) is 0.333. The van der Waals surface area contributed by atoms with E-state index in [9.17, 15) is 9.59 Å². The standard InChI is InChI=1S/C21H24N2O2S/c1-14-5-4-6-17(9-14)11-20(24)23-13-26-12-19(23)21(25)22-18-8-7-15(2)16(3)10-18/h4-10,19H,11-13H2,1-3H3,(H,22,25). The lowest BCUT2D eigenvalue weighted by Gasteiger charge is -2.23. The van der Waals surface area contributed by atoms with E-state index in [1.54, 1.807) is 16.7 Å². The topological polar surface area (TPSA) is 49.4 Å². The van der Waals surface area contributed by atoms with Gasteiger partial charge >= 0.3 is 0 Å². The summed E-state index contributed by atoms with van der Waals surface area (Å²) < 4.78 is 0. The van der Waals surface area contributed by atoms with E-state index in [0.29, 0.717) is 18.1 Å². The second-order valence-corrected chi connectivity index (χ2v) is 7.83. The van der Waals surface area contributed by atoms with Gasteiger partial charge in [-0.25, -0.2) is 0 Å². The van der Waals surface area contributed by atoms with Gasteiger partial charge in [-0.05, 0) is 49.6 Å². The lowest BCUT2D eigenvalue weighted by molar-refractivity contribution is -0.135. The first-order valence-electron chi connectivity index (χ1n) is 8.75. The Balaban J connectivity index is 1.67. The summed E-state index contributed by atoms with van der Waals surface area (Å²) in [7, 11) is 0. The second kappa shape index (κ2) is 7.96. The summed E-state index contributed by atoms with van der Waals surface area (Å²) >= 11 is 1.62. The number of thioether (sulfide) groups is 1. The molecule has 0 radical (unpaired) electrons. The van der Waals surface area contributed by atoms with E-state index in [4.69, 9.17) is 0 Å². The molecule has 1 N–H and O–H groups in total. The summed E-state index contributed by atoms with van der Waals surface area (Å²) in [5.41, 5.74) is 5.22. The number of nitrogens with one attached hydrogen (secondary N) is 1. The molecule has 5 heteroatoms. The lowest BCUT2D eigenvalue weighted by Crippen LogP contribution is -2.45. The van der Waals surface area contributed by atoms with Crippen molar-refractivity contribution in [1.29, 1.82) is 0 Å². The highest BCUT2D eigenvalue weighted by atomic mass is 32.2. The van der Waals surface area contributed by atoms with Crippen molar-refractivity contribution in [1.82, 2.24) is 4.90 Å². The third-order valence-electron chi connectivity index (χ3n) is 4.72. The SMILES string of the molecule is Cc1cccc(CC(=O)N2CSCC2C(=O)Nc2ccc(C)c(C)c2)c1. The van der Waals surface area contributed by atoms with Crippen molar-refractivity contribution in [2.75, 3.05) is 16.9 Å². The number of hydrogen-bond donors (Lipinski definition) is 1. The third kappa shape index (κ3) is 4.28. The number of amides is 2. The van der Waals surface area contributed by atoms with E-state index >= 15 is 0 Å². The molecule has 0 saturated carbocycles. The normalized spacial score (nSPS) is 16.6. The molecule has 2 aromatic rings. The Bertz CT molecular complexity index is 835. The van der Waals surface area contributed by atoms with E-state index in [1.807, 2.05) is 63.2 Å². The number of aryl methyl sites for hydroxylation is 3. The van der Waals surface area contributed by atoms with E-state index in [2.05, 4.69) is 5.32 Å². The highest BCUT2D eigenvalue weighted by molar-refractivity contribution is 7.99. The van der Waals surface area contributed by atoms with E-state index < -0.39 is 6.04 Å². The Morgan fingerprint density at radius 3 is 2.65 bits per heavy atom. The van der Waals surface area contributed by atoms with Crippen LogP contribution in [0.2, 0.25) is 0 Å². The van der Waals surface area contributed by atoms with Crippen molar-refractivity contribution in [3.8, 4) is 0 Å². The van der Waals surface area contributed by atoms with Crippen LogP contribution < -0.4 is 5.32 Å². The molecule has 1 unspecified atom stereocenters. The molecule has 0 aliphatic carbocycles. The first-order chi connectivity index (χ1) is 12.4. The molecule has 4 nitrogen and oxygen atoms in total. The van der Waals surface area contributed by atoms with Gasteiger partial charge in [-0.2, -0.15) is 0 Å². The van der Waals surface area contributed by atoms with Crippen molar-refractivity contribution < 1.29 is 9.59 Å². The van der Waals surface area contributed by atoms with Crippen LogP contribution in [0, 0.1) is 20.8 Å². The number of carbonyl (C=O) groups is 2. The quantitative estimate of drug-likeness (QED) is 0.895. The Kier molecular flexibility index (Phi) is 5.67. The largest absolute Gasteiger partial charge is 0.324 e. The molecule has 0 aromatic heterocycles. The summed E-state index contributed by atoms with van der Waals surface area (Å²) in [6, 6.07) is 13.4. The molecule has 136 valence electrons. The van der Waals surface area contributed by atoms with Gasteiger partial charge in [-0.1, -0.05) is 35.9 Å². The molecule has 1 aliphatic heterocycles. The van der Waals surface area contributed by atoms with Crippen molar-refractivity contribution in [3.05, 3.63) is 64.7 Å². The fourth-order valence-electron chi connectivity index (χ4n) is 3.05. The molecule has 1 aliphatic rings. The third-order valence-corrected chi connectivity index (χ3v) is 5.73. The van der Waals surface area contributed by atoms with Gasteiger partial charge in [0.25, 0.3) is 0 Å². The van der Waals surface area contributed by atoms with Gasteiger partial charge in [-0.15, -0.1) is 11.8 Å². The maximum absolute atomic E-state index is 12.7. The Morgan fingerprint density at radius 2 is 1.92 bits per heavy atom. The van der Waals surface area contributed by atoms with E-state index in [-0.39, 0.29) is 11.8 Å². The molecule has 0 bridgehead atoms. The molecule has 1 saturated heterocycles. The van der Waals surface area contributed by atoms with Crippen LogP contribution in [0.15, 0.2) is 42.5 Å². The Morgan fingerprint density at radius 1 is 1.12 bits per heavy atom. The van der Waals surface area contributed by atoms with Crippen LogP contribution in [0.25, 0.3) is 0 Å².